The average molecular weight is 478 g/mol. The molecule has 2 rings (SSSR count). The summed E-state index contributed by atoms with van der Waals surface area (Å²) >= 11 is 0. The van der Waals surface area contributed by atoms with Gasteiger partial charge in [-0.05, 0) is 6.92 Å². The molecule has 4 unspecified atom stereocenters. The summed E-state index contributed by atoms with van der Waals surface area (Å²) in [7, 11) is -13.7. The van der Waals surface area contributed by atoms with Crippen molar-refractivity contribution in [3.05, 3.63) is 32.6 Å². The van der Waals surface area contributed by atoms with Gasteiger partial charge in [-0.1, -0.05) is 0 Å². The molecular weight excluding hydrogens is 457 g/mol. The van der Waals surface area contributed by atoms with Crippen LogP contribution in [0.25, 0.3) is 0 Å². The van der Waals surface area contributed by atoms with Gasteiger partial charge in [-0.25, -0.2) is 18.0 Å². The highest BCUT2D eigenvalue weighted by Gasteiger charge is 2.40. The molecule has 6 atom stereocenters. The largest absolute Gasteiger partial charge is 0.479 e. The maximum absolute atomic E-state index is 11.9. The maximum atomic E-state index is 11.9. The lowest BCUT2D eigenvalue weighted by Gasteiger charge is -2.21. The van der Waals surface area contributed by atoms with Gasteiger partial charge in [0.2, 0.25) is 0 Å². The van der Waals surface area contributed by atoms with Crippen LogP contribution in [0.2, 0.25) is 0 Å². The summed E-state index contributed by atoms with van der Waals surface area (Å²) < 4.78 is 54.6. The Balaban J connectivity index is 2.03. The topological polar surface area (TPSA) is 204 Å². The summed E-state index contributed by atoms with van der Waals surface area (Å²) in [5.41, 5.74) is -1.12. The van der Waals surface area contributed by atoms with Gasteiger partial charge in [0, 0.05) is 31.5 Å². The first kappa shape index (κ1) is 24.4. The maximum Gasteiger partial charge on any atom is 0.479 e. The molecule has 1 aliphatic heterocycles. The molecule has 14 nitrogen and oxygen atoms in total. The number of nitrogens with one attached hydrogen (secondary N) is 1. The zero-order chi connectivity index (χ0) is 22.2. The molecule has 0 aromatic carbocycles. The molecule has 0 saturated carbocycles. The van der Waals surface area contributed by atoms with E-state index in [1.165, 1.54) is 13.1 Å². The third-order valence-electron chi connectivity index (χ3n) is 3.61. The van der Waals surface area contributed by atoms with Crippen molar-refractivity contribution in [2.75, 3.05) is 19.9 Å². The van der Waals surface area contributed by atoms with Crippen LogP contribution in [0.1, 0.15) is 18.2 Å². The van der Waals surface area contributed by atoms with Gasteiger partial charge in [-0.3, -0.25) is 28.0 Å². The second-order valence-corrected chi connectivity index (χ2v) is 12.1. The molecule has 29 heavy (non-hydrogen) atoms. The van der Waals surface area contributed by atoms with Gasteiger partial charge < -0.3 is 19.6 Å². The van der Waals surface area contributed by atoms with Crippen LogP contribution in [0, 0.1) is 6.92 Å². The Bertz CT molecular complexity index is 1010. The van der Waals surface area contributed by atoms with E-state index in [2.05, 4.69) is 18.1 Å². The number of ether oxygens (including phenoxy) is 1. The van der Waals surface area contributed by atoms with Gasteiger partial charge in [0.05, 0.1) is 12.7 Å². The molecule has 1 aromatic heterocycles. The second kappa shape index (κ2) is 8.68. The van der Waals surface area contributed by atoms with Gasteiger partial charge in [0.25, 0.3) is 5.56 Å². The van der Waals surface area contributed by atoms with Crippen molar-refractivity contribution in [2.45, 2.75) is 31.8 Å². The van der Waals surface area contributed by atoms with E-state index in [9.17, 15) is 33.3 Å². The fourth-order valence-corrected chi connectivity index (χ4v) is 7.12. The molecule has 2 heterocycles. The first-order valence-electron chi connectivity index (χ1n) is 8.02. The van der Waals surface area contributed by atoms with Crippen LogP contribution in [0.3, 0.4) is 0 Å². The van der Waals surface area contributed by atoms with Crippen LogP contribution < -0.4 is 11.2 Å². The number of aromatic amines is 1. The number of phosphoric ester groups is 1. The number of rotatable bonds is 8. The highest BCUT2D eigenvalue weighted by Crippen LogP contribution is 2.66. The van der Waals surface area contributed by atoms with E-state index in [0.29, 0.717) is 13.3 Å². The molecule has 0 bridgehead atoms. The predicted octanol–water partition coefficient (Wildman–Crippen LogP) is 0.282. The van der Waals surface area contributed by atoms with E-state index in [1.54, 1.807) is 0 Å². The number of aliphatic hydroxyl groups is 1. The average Bonchev–Trinajstić information content (AvgIpc) is 2.86. The molecule has 166 valence electrons. The van der Waals surface area contributed by atoms with E-state index in [1.807, 2.05) is 0 Å². The molecule has 1 aliphatic rings. The lowest BCUT2D eigenvalue weighted by atomic mass is 10.2. The summed E-state index contributed by atoms with van der Waals surface area (Å²) in [5.74, 6) is 0. The van der Waals surface area contributed by atoms with Crippen molar-refractivity contribution in [1.29, 1.82) is 0 Å². The van der Waals surface area contributed by atoms with E-state index in [-0.39, 0.29) is 12.0 Å². The lowest BCUT2D eigenvalue weighted by Crippen LogP contribution is -2.33. The van der Waals surface area contributed by atoms with Gasteiger partial charge in [-0.2, -0.15) is 0 Å². The van der Waals surface area contributed by atoms with E-state index >= 15 is 0 Å². The van der Waals surface area contributed by atoms with Crippen LogP contribution in [0.5, 0.6) is 0 Å². The minimum atomic E-state index is -5.02. The third-order valence-corrected chi connectivity index (χ3v) is 8.50. The molecule has 0 radical (unpaired) electrons. The SMILES string of the molecule is Cc1cn([C@H]2CC(O)[C@@H](COP(=O)(O)OP(C)(=O)OP(C)(=O)O)O2)c(=O)[nH]c1=O. The first-order chi connectivity index (χ1) is 13.1. The zero-order valence-corrected chi connectivity index (χ0v) is 18.2. The molecule has 0 spiro atoms. The fourth-order valence-electron chi connectivity index (χ4n) is 2.50. The standard InChI is InChI=1S/C12H21N2O12P3/c1-7-5-14(12(17)13-11(7)16)10-4-8(15)9(24-10)6-23-29(21,22)26-28(3,20)25-27(2,18)19/h5,8-10,15H,4,6H2,1-3H3,(H,18,19)(H,21,22)(H,13,16,17)/t8?,9-,10-,28?/m1/s1. The predicted molar refractivity (Wildman–Crippen MR) is 97.8 cm³/mol. The Morgan fingerprint density at radius 2 is 1.86 bits per heavy atom. The van der Waals surface area contributed by atoms with Gasteiger partial charge in [0.15, 0.2) is 0 Å². The smallest absolute Gasteiger partial charge is 0.390 e. The van der Waals surface area contributed by atoms with Gasteiger partial charge in [-0.15, -0.1) is 0 Å². The Labute approximate surface area is 164 Å². The molecule has 0 amide bonds. The monoisotopic (exact) mass is 478 g/mol. The van der Waals surface area contributed by atoms with Crippen molar-refractivity contribution in [3.63, 3.8) is 0 Å². The molecule has 1 aromatic rings. The van der Waals surface area contributed by atoms with Crippen molar-refractivity contribution in [3.8, 4) is 0 Å². The van der Waals surface area contributed by atoms with Gasteiger partial charge in [0.1, 0.15) is 12.3 Å². The third kappa shape index (κ3) is 7.08. The van der Waals surface area contributed by atoms with E-state index in [0.717, 1.165) is 4.57 Å². The number of aryl methyl sites for hydroxylation is 1. The fraction of sp³-hybridized carbons (Fsp3) is 0.667. The Kier molecular flexibility index (Phi) is 7.29. The molecule has 17 heteroatoms. The Morgan fingerprint density at radius 3 is 2.45 bits per heavy atom. The van der Waals surface area contributed by atoms with Crippen molar-refractivity contribution in [2.24, 2.45) is 0 Å². The van der Waals surface area contributed by atoms with Crippen LogP contribution in [-0.2, 0) is 31.6 Å². The molecule has 4 N–H and O–H groups in total. The minimum absolute atomic E-state index is 0.0884. The van der Waals surface area contributed by atoms with Crippen LogP contribution >= 0.6 is 23.0 Å². The number of hydrogen-bond donors (Lipinski definition) is 4. The van der Waals surface area contributed by atoms with E-state index < -0.39 is 59.3 Å². The summed E-state index contributed by atoms with van der Waals surface area (Å²) in [4.78, 5) is 44.1. The number of nitrogens with zero attached hydrogens (tertiary/aromatic N) is 1. The van der Waals surface area contributed by atoms with E-state index in [4.69, 9.17) is 9.63 Å². The number of phosphoric acid groups is 1. The molecule has 1 fully saturated rings. The summed E-state index contributed by atoms with van der Waals surface area (Å²) in [5, 5.41) is 10.1. The molecule has 1 saturated heterocycles. The van der Waals surface area contributed by atoms with Crippen LogP contribution in [-0.4, -0.2) is 56.6 Å². The Morgan fingerprint density at radius 1 is 1.24 bits per heavy atom. The number of H-pyrrole nitrogens is 1. The van der Waals surface area contributed by atoms with Crippen molar-refractivity contribution in [1.82, 2.24) is 9.55 Å². The minimum Gasteiger partial charge on any atom is -0.390 e. The van der Waals surface area contributed by atoms with Crippen molar-refractivity contribution < 1.29 is 46.5 Å². The molecule has 0 aliphatic carbocycles. The first-order valence-corrected chi connectivity index (χ1v) is 13.5. The highest BCUT2D eigenvalue weighted by atomic mass is 31.3. The summed E-state index contributed by atoms with van der Waals surface area (Å²) in [6.07, 6.45) is -2.21. The summed E-state index contributed by atoms with van der Waals surface area (Å²) in [6.45, 7) is 2.17. The normalized spacial score (nSPS) is 28.4. The number of aliphatic hydroxyl groups excluding tert-OH is 1. The lowest BCUT2D eigenvalue weighted by molar-refractivity contribution is -0.0448. The Hall–Kier alpha value is -0.910. The zero-order valence-electron chi connectivity index (χ0n) is 15.5. The van der Waals surface area contributed by atoms with Crippen LogP contribution in [0.4, 0.5) is 0 Å². The number of aromatic nitrogens is 2. The van der Waals surface area contributed by atoms with Crippen molar-refractivity contribution >= 4 is 23.0 Å². The molecular formula is C12H21N2O12P3. The second-order valence-electron chi connectivity index (χ2n) is 6.41. The summed E-state index contributed by atoms with van der Waals surface area (Å²) in [6, 6.07) is 0. The number of hydrogen-bond acceptors (Lipinski definition) is 10. The van der Waals surface area contributed by atoms with Crippen LogP contribution in [0.15, 0.2) is 15.8 Å². The quantitative estimate of drug-likeness (QED) is 0.372. The van der Waals surface area contributed by atoms with Gasteiger partial charge >= 0.3 is 28.7 Å². The highest BCUT2D eigenvalue weighted by molar-refractivity contribution is 7.70.